The zero-order valence-corrected chi connectivity index (χ0v) is 26.8. The Labute approximate surface area is 242 Å². The summed E-state index contributed by atoms with van der Waals surface area (Å²) in [5.74, 6) is 0.115. The Morgan fingerprint density at radius 3 is 1.40 bits per heavy atom. The van der Waals surface area contributed by atoms with Gasteiger partial charge in [0.05, 0.1) is 61.3 Å². The van der Waals surface area contributed by atoms with Crippen LogP contribution in [0.1, 0.15) is 94.9 Å². The van der Waals surface area contributed by atoms with E-state index in [4.69, 9.17) is 28.4 Å². The van der Waals surface area contributed by atoms with Crippen LogP contribution in [0, 0.1) is 27.6 Å². The maximum atomic E-state index is 11.7. The van der Waals surface area contributed by atoms with Crippen molar-refractivity contribution in [2.75, 3.05) is 52.9 Å². The van der Waals surface area contributed by atoms with Gasteiger partial charge in [0.2, 0.25) is 0 Å². The quantitative estimate of drug-likeness (QED) is 0.163. The zero-order chi connectivity index (χ0) is 30.6. The molecule has 0 aromatic heterocycles. The highest BCUT2D eigenvalue weighted by Crippen LogP contribution is 2.32. The highest BCUT2D eigenvalue weighted by Gasteiger charge is 2.39. The van der Waals surface area contributed by atoms with Gasteiger partial charge in [0.15, 0.2) is 0 Å². The highest BCUT2D eigenvalue weighted by atomic mass is 16.6. The summed E-state index contributed by atoms with van der Waals surface area (Å²) < 4.78 is 30.7. The van der Waals surface area contributed by atoms with E-state index in [9.17, 15) is 14.4 Å². The largest absolute Gasteiger partial charge is 0.465 e. The number of carbonyl (C=O) groups excluding carboxylic acids is 3. The van der Waals surface area contributed by atoms with Crippen LogP contribution in [0.3, 0.4) is 0 Å². The number of ether oxygens (including phenoxy) is 6. The molecular weight excluding hydrogens is 516 g/mol. The van der Waals surface area contributed by atoms with Crippen LogP contribution in [0.5, 0.6) is 0 Å². The molecule has 3 heterocycles. The van der Waals surface area contributed by atoms with Crippen LogP contribution >= 0.6 is 0 Å². The Morgan fingerprint density at radius 1 is 0.675 bits per heavy atom. The van der Waals surface area contributed by atoms with Gasteiger partial charge in [0.1, 0.15) is 19.3 Å². The molecule has 3 rings (SSSR count). The van der Waals surface area contributed by atoms with Gasteiger partial charge in [0.25, 0.3) is 0 Å². The van der Waals surface area contributed by atoms with E-state index in [0.29, 0.717) is 25.7 Å². The third kappa shape index (κ3) is 12.0. The van der Waals surface area contributed by atoms with E-state index in [2.05, 4.69) is 6.92 Å². The van der Waals surface area contributed by atoms with Gasteiger partial charge in [-0.15, -0.1) is 0 Å². The fraction of sp³-hybridized carbons (Fsp3) is 0.903. The van der Waals surface area contributed by atoms with Crippen molar-refractivity contribution in [3.8, 4) is 0 Å². The van der Waals surface area contributed by atoms with E-state index >= 15 is 0 Å². The molecule has 0 N–H and O–H groups in total. The van der Waals surface area contributed by atoms with Crippen LogP contribution in [0.15, 0.2) is 0 Å². The first-order valence-corrected chi connectivity index (χ1v) is 14.9. The molecule has 1 atom stereocenters. The molecule has 234 valence electrons. The smallest absolute Gasteiger partial charge is 0.311 e. The van der Waals surface area contributed by atoms with Crippen LogP contribution in [-0.2, 0) is 42.8 Å². The van der Waals surface area contributed by atoms with Crippen molar-refractivity contribution in [1.29, 1.82) is 0 Å². The molecule has 9 nitrogen and oxygen atoms in total. The van der Waals surface area contributed by atoms with Gasteiger partial charge >= 0.3 is 17.9 Å². The molecule has 3 aliphatic rings. The van der Waals surface area contributed by atoms with Crippen LogP contribution in [-0.4, -0.2) is 76.9 Å². The normalized spacial score (nSPS) is 19.8. The maximum Gasteiger partial charge on any atom is 0.311 e. The molecule has 40 heavy (non-hydrogen) atoms. The van der Waals surface area contributed by atoms with Crippen LogP contribution in [0.4, 0.5) is 0 Å². The van der Waals surface area contributed by atoms with Gasteiger partial charge in [0, 0.05) is 5.92 Å². The summed E-state index contributed by atoms with van der Waals surface area (Å²) in [7, 11) is 0. The van der Waals surface area contributed by atoms with Crippen molar-refractivity contribution in [2.24, 2.45) is 27.6 Å². The first kappa shape index (κ1) is 36.3. The maximum absolute atomic E-state index is 11.7. The molecule has 0 aromatic rings. The van der Waals surface area contributed by atoms with Crippen LogP contribution < -0.4 is 0 Å². The summed E-state index contributed by atoms with van der Waals surface area (Å²) in [5, 5.41) is 0. The lowest BCUT2D eigenvalue weighted by atomic mass is 9.84. The molecule has 3 fully saturated rings. The first-order valence-electron chi connectivity index (χ1n) is 14.9. The summed E-state index contributed by atoms with van der Waals surface area (Å²) in [6, 6.07) is 0. The second-order valence-corrected chi connectivity index (χ2v) is 13.2. The lowest BCUT2D eigenvalue weighted by Crippen LogP contribution is -2.47. The van der Waals surface area contributed by atoms with Crippen molar-refractivity contribution in [2.45, 2.75) is 101 Å². The lowest BCUT2D eigenvalue weighted by molar-refractivity contribution is -0.178. The third-order valence-corrected chi connectivity index (χ3v) is 8.35. The molecule has 3 aliphatic heterocycles. The molecule has 1 unspecified atom stereocenters. The van der Waals surface area contributed by atoms with Gasteiger partial charge in [-0.3, -0.25) is 14.4 Å². The number of hydrogen-bond acceptors (Lipinski definition) is 9. The number of rotatable bonds is 13. The Hall–Kier alpha value is -1.71. The average Bonchev–Trinajstić information content (AvgIpc) is 3.71. The van der Waals surface area contributed by atoms with E-state index < -0.39 is 0 Å². The predicted molar refractivity (Wildman–Crippen MR) is 153 cm³/mol. The fourth-order valence-electron chi connectivity index (χ4n) is 2.93. The SMILES string of the molecule is CCC(C)(C)C(=O)OCC1CO1.CCC(C)(C)C(=O)OCC1COC1.CCC1(COC(=O)C(C)(C)CC)COC1. The minimum atomic E-state index is -0.362. The van der Waals surface area contributed by atoms with E-state index in [1.54, 1.807) is 0 Å². The molecule has 3 saturated heterocycles. The van der Waals surface area contributed by atoms with Gasteiger partial charge < -0.3 is 28.4 Å². The Morgan fingerprint density at radius 2 is 1.10 bits per heavy atom. The summed E-state index contributed by atoms with van der Waals surface area (Å²) >= 11 is 0. The highest BCUT2D eigenvalue weighted by molar-refractivity contribution is 5.76. The summed E-state index contributed by atoms with van der Waals surface area (Å²) in [6.45, 7) is 24.6. The fourth-order valence-corrected chi connectivity index (χ4v) is 2.93. The Bertz CT molecular complexity index is 785. The summed E-state index contributed by atoms with van der Waals surface area (Å²) in [5.41, 5.74) is -0.960. The Kier molecular flexibility index (Phi) is 14.6. The summed E-state index contributed by atoms with van der Waals surface area (Å²) in [6.07, 6.45) is 3.60. The predicted octanol–water partition coefficient (Wildman–Crippen LogP) is 5.37. The molecule has 0 saturated carbocycles. The monoisotopic (exact) mass is 572 g/mol. The summed E-state index contributed by atoms with van der Waals surface area (Å²) in [4.78, 5) is 34.6. The number of carbonyl (C=O) groups is 3. The molecular formula is C31H56O9. The molecule has 0 aliphatic carbocycles. The molecule has 0 amide bonds. The topological polar surface area (TPSA) is 110 Å². The second kappa shape index (κ2) is 16.1. The van der Waals surface area contributed by atoms with Gasteiger partial charge in [-0.05, 0) is 67.2 Å². The number of esters is 3. The van der Waals surface area contributed by atoms with E-state index in [1.165, 1.54) is 0 Å². The minimum absolute atomic E-state index is 0.0928. The molecule has 0 radical (unpaired) electrons. The van der Waals surface area contributed by atoms with Gasteiger partial charge in [-0.1, -0.05) is 27.7 Å². The number of epoxide rings is 1. The van der Waals surface area contributed by atoms with Gasteiger partial charge in [-0.25, -0.2) is 0 Å². The number of hydrogen-bond donors (Lipinski definition) is 0. The second-order valence-electron chi connectivity index (χ2n) is 13.2. The van der Waals surface area contributed by atoms with E-state index in [-0.39, 0.29) is 45.7 Å². The Balaban J connectivity index is 0.000000302. The lowest BCUT2D eigenvalue weighted by Gasteiger charge is -2.40. The van der Waals surface area contributed by atoms with Crippen molar-refractivity contribution in [1.82, 2.24) is 0 Å². The molecule has 0 spiro atoms. The van der Waals surface area contributed by atoms with Crippen molar-refractivity contribution in [3.05, 3.63) is 0 Å². The van der Waals surface area contributed by atoms with E-state index in [0.717, 1.165) is 58.7 Å². The molecule has 0 aromatic carbocycles. The van der Waals surface area contributed by atoms with Crippen molar-refractivity contribution < 1.29 is 42.8 Å². The van der Waals surface area contributed by atoms with Crippen LogP contribution in [0.2, 0.25) is 0 Å². The first-order chi connectivity index (χ1) is 18.6. The van der Waals surface area contributed by atoms with Crippen molar-refractivity contribution >= 4 is 17.9 Å². The average molecular weight is 573 g/mol. The standard InChI is InChI=1S/C12H22O3.C10H18O3.C9H16O3/c1-5-11(3,4)10(13)15-9-12(6-2)7-14-8-12;1-4-10(2,3)9(11)13-7-8-5-12-6-8;1-4-9(2,3)8(10)12-6-7-5-11-7/h5-9H2,1-4H3;8H,4-7H2,1-3H3;7H,4-6H2,1-3H3. The van der Waals surface area contributed by atoms with E-state index in [1.807, 2.05) is 62.3 Å². The molecule has 9 heteroatoms. The third-order valence-electron chi connectivity index (χ3n) is 8.35. The zero-order valence-electron chi connectivity index (χ0n) is 26.8. The van der Waals surface area contributed by atoms with Crippen LogP contribution in [0.25, 0.3) is 0 Å². The van der Waals surface area contributed by atoms with Gasteiger partial charge in [-0.2, -0.15) is 0 Å². The molecule has 0 bridgehead atoms. The van der Waals surface area contributed by atoms with Crippen molar-refractivity contribution in [3.63, 3.8) is 0 Å². The minimum Gasteiger partial charge on any atom is -0.465 e.